The lowest BCUT2D eigenvalue weighted by Gasteiger charge is -2.09. The van der Waals surface area contributed by atoms with Crippen LogP contribution in [0.3, 0.4) is 0 Å². The Labute approximate surface area is 97.6 Å². The van der Waals surface area contributed by atoms with Gasteiger partial charge in [0, 0.05) is 6.61 Å². The van der Waals surface area contributed by atoms with Gasteiger partial charge in [0.05, 0.1) is 16.7 Å². The minimum absolute atomic E-state index is 0.119. The summed E-state index contributed by atoms with van der Waals surface area (Å²) in [6.07, 6.45) is 1.34. The van der Waals surface area contributed by atoms with Crippen LogP contribution in [0.2, 0.25) is 10.0 Å². The van der Waals surface area contributed by atoms with Crippen LogP contribution in [0.5, 0.6) is 5.75 Å². The summed E-state index contributed by atoms with van der Waals surface area (Å²) in [7, 11) is 0. The molecule has 0 aliphatic heterocycles. The normalized spacial score (nSPS) is 10.4. The monoisotopic (exact) mass is 252 g/mol. The molecular weight excluding hydrogens is 242 g/mol. The van der Waals surface area contributed by atoms with E-state index in [9.17, 15) is 4.39 Å². The molecule has 0 heterocycles. The Morgan fingerprint density at radius 3 is 2.33 bits per heavy atom. The summed E-state index contributed by atoms with van der Waals surface area (Å²) in [6, 6.07) is 2.30. The number of halogens is 3. The number of aliphatic hydroxyl groups excluding tert-OH is 1. The second-order valence-corrected chi connectivity index (χ2v) is 3.79. The number of rotatable bonds is 5. The summed E-state index contributed by atoms with van der Waals surface area (Å²) in [6.45, 7) is 0.514. The molecule has 0 aliphatic carbocycles. The molecule has 0 bridgehead atoms. The molecule has 0 aromatic heterocycles. The molecule has 0 unspecified atom stereocenters. The van der Waals surface area contributed by atoms with Crippen molar-refractivity contribution in [2.75, 3.05) is 13.2 Å². The molecule has 0 radical (unpaired) electrons. The third-order valence-electron chi connectivity index (χ3n) is 1.76. The number of aliphatic hydroxyl groups is 1. The molecule has 0 spiro atoms. The van der Waals surface area contributed by atoms with E-state index in [2.05, 4.69) is 0 Å². The fraction of sp³-hybridized carbons (Fsp3) is 0.400. The van der Waals surface area contributed by atoms with Gasteiger partial charge in [-0.2, -0.15) is 0 Å². The molecule has 0 saturated heterocycles. The third-order valence-corrected chi connectivity index (χ3v) is 2.32. The van der Waals surface area contributed by atoms with Crippen LogP contribution >= 0.6 is 23.2 Å². The summed E-state index contributed by atoms with van der Waals surface area (Å²) in [5, 5.41) is 8.86. The second-order valence-electron chi connectivity index (χ2n) is 2.98. The summed E-state index contributed by atoms with van der Waals surface area (Å²) in [5.74, 6) is -0.203. The Bertz CT molecular complexity index is 308. The Morgan fingerprint density at radius 1 is 1.20 bits per heavy atom. The zero-order valence-electron chi connectivity index (χ0n) is 7.97. The highest BCUT2D eigenvalue weighted by molar-refractivity contribution is 6.37. The quantitative estimate of drug-likeness (QED) is 0.816. The van der Waals surface area contributed by atoms with E-state index in [1.165, 1.54) is 0 Å². The van der Waals surface area contributed by atoms with E-state index in [0.717, 1.165) is 12.1 Å². The van der Waals surface area contributed by atoms with Gasteiger partial charge in [-0.3, -0.25) is 0 Å². The van der Waals surface area contributed by atoms with E-state index in [-0.39, 0.29) is 22.4 Å². The van der Waals surface area contributed by atoms with Gasteiger partial charge < -0.3 is 9.84 Å². The van der Waals surface area contributed by atoms with Gasteiger partial charge >= 0.3 is 0 Å². The van der Waals surface area contributed by atoms with Crippen LogP contribution < -0.4 is 4.74 Å². The van der Waals surface area contributed by atoms with Crippen LogP contribution in [0.4, 0.5) is 4.39 Å². The molecule has 15 heavy (non-hydrogen) atoms. The third kappa shape index (κ3) is 3.86. The van der Waals surface area contributed by atoms with Crippen molar-refractivity contribution in [3.8, 4) is 5.75 Å². The van der Waals surface area contributed by atoms with Gasteiger partial charge in [-0.15, -0.1) is 0 Å². The van der Waals surface area contributed by atoms with E-state index in [4.69, 9.17) is 33.0 Å². The predicted octanol–water partition coefficient (Wildman–Crippen LogP) is 3.28. The average Bonchev–Trinajstić information content (AvgIpc) is 2.15. The van der Waals surface area contributed by atoms with E-state index >= 15 is 0 Å². The molecule has 84 valence electrons. The summed E-state index contributed by atoms with van der Waals surface area (Å²) in [4.78, 5) is 0. The highest BCUT2D eigenvalue weighted by Crippen LogP contribution is 2.33. The lowest BCUT2D eigenvalue weighted by atomic mass is 10.3. The van der Waals surface area contributed by atoms with E-state index in [0.29, 0.717) is 19.4 Å². The van der Waals surface area contributed by atoms with Crippen molar-refractivity contribution in [2.24, 2.45) is 0 Å². The summed E-state index contributed by atoms with van der Waals surface area (Å²) < 4.78 is 18.1. The Hall–Kier alpha value is -0.510. The lowest BCUT2D eigenvalue weighted by molar-refractivity contribution is 0.253. The Balaban J connectivity index is 2.60. The van der Waals surface area contributed by atoms with Crippen LogP contribution in [0, 0.1) is 5.82 Å². The first-order chi connectivity index (χ1) is 7.15. The van der Waals surface area contributed by atoms with Gasteiger partial charge in [-0.05, 0) is 25.0 Å². The minimum Gasteiger partial charge on any atom is -0.490 e. The highest BCUT2D eigenvalue weighted by atomic mass is 35.5. The van der Waals surface area contributed by atoms with E-state index in [1.54, 1.807) is 0 Å². The van der Waals surface area contributed by atoms with Gasteiger partial charge in [0.25, 0.3) is 0 Å². The molecule has 1 N–H and O–H groups in total. The van der Waals surface area contributed by atoms with E-state index in [1.807, 2.05) is 0 Å². The van der Waals surface area contributed by atoms with E-state index < -0.39 is 5.82 Å². The van der Waals surface area contributed by atoms with Crippen LogP contribution in [0.15, 0.2) is 12.1 Å². The van der Waals surface area contributed by atoms with Crippen molar-refractivity contribution in [3.05, 3.63) is 28.0 Å². The Kier molecular flexibility index (Phi) is 5.15. The first kappa shape index (κ1) is 12.6. The van der Waals surface area contributed by atoms with Crippen LogP contribution in [0.25, 0.3) is 0 Å². The molecule has 2 nitrogen and oxygen atoms in total. The summed E-state index contributed by atoms with van der Waals surface area (Å²) in [5.41, 5.74) is 0. The van der Waals surface area contributed by atoms with Crippen molar-refractivity contribution in [3.63, 3.8) is 0 Å². The molecule has 5 heteroatoms. The Morgan fingerprint density at radius 2 is 1.80 bits per heavy atom. The molecule has 1 aromatic rings. The summed E-state index contributed by atoms with van der Waals surface area (Å²) >= 11 is 11.5. The largest absolute Gasteiger partial charge is 0.490 e. The predicted molar refractivity (Wildman–Crippen MR) is 58.2 cm³/mol. The smallest absolute Gasteiger partial charge is 0.156 e. The molecular formula is C10H11Cl2FO2. The first-order valence-corrected chi connectivity index (χ1v) is 5.29. The topological polar surface area (TPSA) is 29.5 Å². The maximum absolute atomic E-state index is 12.8. The molecule has 1 rings (SSSR count). The molecule has 0 atom stereocenters. The maximum Gasteiger partial charge on any atom is 0.156 e. The van der Waals surface area contributed by atoms with Crippen molar-refractivity contribution < 1.29 is 14.2 Å². The number of benzene rings is 1. The standard InChI is InChI=1S/C10H11Cl2FO2/c11-8-5-7(13)6-9(12)10(8)15-4-2-1-3-14/h5-6,14H,1-4H2. The number of unbranched alkanes of at least 4 members (excludes halogenated alkanes) is 1. The van der Waals surface area contributed by atoms with Gasteiger partial charge in [-0.1, -0.05) is 23.2 Å². The fourth-order valence-electron chi connectivity index (χ4n) is 1.05. The van der Waals surface area contributed by atoms with Gasteiger partial charge in [0.2, 0.25) is 0 Å². The van der Waals surface area contributed by atoms with Crippen LogP contribution in [-0.4, -0.2) is 18.3 Å². The number of hydrogen-bond acceptors (Lipinski definition) is 2. The molecule has 0 saturated carbocycles. The molecule has 1 aromatic carbocycles. The number of hydrogen-bond donors (Lipinski definition) is 1. The minimum atomic E-state index is -0.493. The SMILES string of the molecule is OCCCCOc1c(Cl)cc(F)cc1Cl. The number of ether oxygens (including phenoxy) is 1. The molecule has 0 fully saturated rings. The first-order valence-electron chi connectivity index (χ1n) is 4.53. The maximum atomic E-state index is 12.8. The van der Waals surface area contributed by atoms with Gasteiger partial charge in [-0.25, -0.2) is 4.39 Å². The lowest BCUT2D eigenvalue weighted by Crippen LogP contribution is -2.00. The fourth-order valence-corrected chi connectivity index (χ4v) is 1.62. The van der Waals surface area contributed by atoms with Gasteiger partial charge in [0.15, 0.2) is 5.75 Å². The highest BCUT2D eigenvalue weighted by Gasteiger charge is 2.09. The van der Waals surface area contributed by atoms with Crippen LogP contribution in [0.1, 0.15) is 12.8 Å². The molecule has 0 aliphatic rings. The van der Waals surface area contributed by atoms with Crippen molar-refractivity contribution >= 4 is 23.2 Å². The van der Waals surface area contributed by atoms with Crippen molar-refractivity contribution in [1.82, 2.24) is 0 Å². The molecule has 0 amide bonds. The van der Waals surface area contributed by atoms with Gasteiger partial charge in [0.1, 0.15) is 5.82 Å². The average molecular weight is 253 g/mol. The zero-order chi connectivity index (χ0) is 11.3. The second kappa shape index (κ2) is 6.16. The van der Waals surface area contributed by atoms with Crippen LogP contribution in [-0.2, 0) is 0 Å². The van der Waals surface area contributed by atoms with Crippen molar-refractivity contribution in [2.45, 2.75) is 12.8 Å². The van der Waals surface area contributed by atoms with Crippen molar-refractivity contribution in [1.29, 1.82) is 0 Å². The zero-order valence-corrected chi connectivity index (χ0v) is 9.48.